The highest BCUT2D eigenvalue weighted by atomic mass is 16.5. The lowest BCUT2D eigenvalue weighted by molar-refractivity contribution is -0.135. The summed E-state index contributed by atoms with van der Waals surface area (Å²) in [4.78, 5) is 16.8. The number of methoxy groups -OCH3 is 2. The number of hydrogen-bond acceptors (Lipinski definition) is 5. The topological polar surface area (TPSA) is 51.2 Å². The first kappa shape index (κ1) is 21.0. The van der Waals surface area contributed by atoms with Gasteiger partial charge in [0.2, 0.25) is 0 Å². The molecule has 6 nitrogen and oxygen atoms in total. The normalized spacial score (nSPS) is 14.6. The first-order chi connectivity index (χ1) is 14.0. The summed E-state index contributed by atoms with van der Waals surface area (Å²) in [6.07, 6.45) is 0. The molecule has 1 aliphatic heterocycles. The monoisotopic (exact) mass is 398 g/mol. The molecule has 1 heterocycles. The average Bonchev–Trinajstić information content (AvgIpc) is 2.73. The van der Waals surface area contributed by atoms with Crippen LogP contribution in [0.2, 0.25) is 0 Å². The van der Waals surface area contributed by atoms with Crippen LogP contribution in [0.1, 0.15) is 16.7 Å². The smallest absolute Gasteiger partial charge is 0.260 e. The SMILES string of the molecule is COc1ccc(OC)c(CN2CCN(C(=O)COc3c(C)cccc3C)CC2)c1. The third-order valence-corrected chi connectivity index (χ3v) is 5.36. The summed E-state index contributed by atoms with van der Waals surface area (Å²) in [5.74, 6) is 2.51. The lowest BCUT2D eigenvalue weighted by Gasteiger charge is -2.35. The molecule has 1 amide bonds. The molecule has 0 N–H and O–H groups in total. The third kappa shape index (κ3) is 5.21. The molecule has 0 saturated carbocycles. The minimum atomic E-state index is 0.0336. The van der Waals surface area contributed by atoms with Crippen LogP contribution in [0.5, 0.6) is 17.2 Å². The number of ether oxygens (including phenoxy) is 3. The maximum atomic E-state index is 12.6. The molecule has 156 valence electrons. The van der Waals surface area contributed by atoms with Crippen molar-refractivity contribution in [2.24, 2.45) is 0 Å². The van der Waals surface area contributed by atoms with E-state index in [0.29, 0.717) is 13.1 Å². The van der Waals surface area contributed by atoms with Gasteiger partial charge < -0.3 is 19.1 Å². The van der Waals surface area contributed by atoms with E-state index in [-0.39, 0.29) is 12.5 Å². The minimum Gasteiger partial charge on any atom is -0.497 e. The highest BCUT2D eigenvalue weighted by Crippen LogP contribution is 2.26. The molecule has 6 heteroatoms. The fourth-order valence-electron chi connectivity index (χ4n) is 3.65. The quantitative estimate of drug-likeness (QED) is 0.718. The van der Waals surface area contributed by atoms with Gasteiger partial charge in [-0.2, -0.15) is 0 Å². The van der Waals surface area contributed by atoms with E-state index in [1.807, 2.05) is 55.1 Å². The van der Waals surface area contributed by atoms with Crippen LogP contribution in [0.3, 0.4) is 0 Å². The molecule has 0 atom stereocenters. The second-order valence-electron chi connectivity index (χ2n) is 7.34. The van der Waals surface area contributed by atoms with Crippen molar-refractivity contribution in [2.45, 2.75) is 20.4 Å². The Kier molecular flexibility index (Phi) is 6.99. The van der Waals surface area contributed by atoms with E-state index in [4.69, 9.17) is 14.2 Å². The highest BCUT2D eigenvalue weighted by molar-refractivity contribution is 5.78. The summed E-state index contributed by atoms with van der Waals surface area (Å²) >= 11 is 0. The van der Waals surface area contributed by atoms with Crippen LogP contribution in [-0.2, 0) is 11.3 Å². The number of para-hydroxylation sites is 1. The lowest BCUT2D eigenvalue weighted by atomic mass is 10.1. The van der Waals surface area contributed by atoms with Crippen molar-refractivity contribution in [3.05, 3.63) is 53.1 Å². The summed E-state index contributed by atoms with van der Waals surface area (Å²) in [5.41, 5.74) is 3.19. The summed E-state index contributed by atoms with van der Waals surface area (Å²) < 4.78 is 16.6. The number of benzene rings is 2. The number of nitrogens with zero attached hydrogens (tertiary/aromatic N) is 2. The Bertz CT molecular complexity index is 825. The number of piperazine rings is 1. The predicted octanol–water partition coefficient (Wildman–Crippen LogP) is 3.04. The number of hydrogen-bond donors (Lipinski definition) is 0. The van der Waals surface area contributed by atoms with E-state index in [0.717, 1.165) is 53.6 Å². The van der Waals surface area contributed by atoms with E-state index in [2.05, 4.69) is 4.90 Å². The standard InChI is InChI=1S/C23H30N2O4/c1-17-6-5-7-18(2)23(17)29-16-22(26)25-12-10-24(11-13-25)15-19-14-20(27-3)8-9-21(19)28-4/h5-9,14H,10-13,15-16H2,1-4H3. The molecule has 0 aliphatic carbocycles. The van der Waals surface area contributed by atoms with Gasteiger partial charge in [0.15, 0.2) is 6.61 Å². The summed E-state index contributed by atoms with van der Waals surface area (Å²) in [7, 11) is 3.34. The van der Waals surface area contributed by atoms with Crippen molar-refractivity contribution in [1.29, 1.82) is 0 Å². The first-order valence-corrected chi connectivity index (χ1v) is 9.92. The van der Waals surface area contributed by atoms with Crippen molar-refractivity contribution in [1.82, 2.24) is 9.80 Å². The summed E-state index contributed by atoms with van der Waals surface area (Å²) in [5, 5.41) is 0. The second-order valence-corrected chi connectivity index (χ2v) is 7.34. The Morgan fingerprint density at radius 1 is 0.966 bits per heavy atom. The van der Waals surface area contributed by atoms with Gasteiger partial charge in [-0.1, -0.05) is 18.2 Å². The van der Waals surface area contributed by atoms with E-state index >= 15 is 0 Å². The first-order valence-electron chi connectivity index (χ1n) is 9.92. The van der Waals surface area contributed by atoms with Gasteiger partial charge in [-0.25, -0.2) is 0 Å². The molecule has 29 heavy (non-hydrogen) atoms. The molecule has 2 aromatic carbocycles. The highest BCUT2D eigenvalue weighted by Gasteiger charge is 2.22. The fraction of sp³-hybridized carbons (Fsp3) is 0.435. The Morgan fingerprint density at radius 3 is 2.28 bits per heavy atom. The molecule has 3 rings (SSSR count). The van der Waals surface area contributed by atoms with Gasteiger partial charge in [-0.15, -0.1) is 0 Å². The zero-order valence-corrected chi connectivity index (χ0v) is 17.7. The largest absolute Gasteiger partial charge is 0.497 e. The van der Waals surface area contributed by atoms with Crippen LogP contribution in [0.15, 0.2) is 36.4 Å². The minimum absolute atomic E-state index is 0.0336. The van der Waals surface area contributed by atoms with Crippen molar-refractivity contribution in [3.8, 4) is 17.2 Å². The molecule has 0 radical (unpaired) electrons. The zero-order chi connectivity index (χ0) is 20.8. The van der Waals surface area contributed by atoms with Gasteiger partial charge in [0.1, 0.15) is 17.2 Å². The molecule has 1 saturated heterocycles. The van der Waals surface area contributed by atoms with E-state index < -0.39 is 0 Å². The van der Waals surface area contributed by atoms with Crippen molar-refractivity contribution < 1.29 is 19.0 Å². The maximum Gasteiger partial charge on any atom is 0.260 e. The molecule has 0 spiro atoms. The molecular formula is C23H30N2O4. The van der Waals surface area contributed by atoms with Crippen LogP contribution >= 0.6 is 0 Å². The molecule has 1 aliphatic rings. The Balaban J connectivity index is 1.52. The van der Waals surface area contributed by atoms with E-state index in [9.17, 15) is 4.79 Å². The summed E-state index contributed by atoms with van der Waals surface area (Å²) in [6, 6.07) is 11.8. The average molecular weight is 399 g/mol. The van der Waals surface area contributed by atoms with Crippen LogP contribution < -0.4 is 14.2 Å². The third-order valence-electron chi connectivity index (χ3n) is 5.36. The van der Waals surface area contributed by atoms with Gasteiger partial charge >= 0.3 is 0 Å². The predicted molar refractivity (Wildman–Crippen MR) is 113 cm³/mol. The van der Waals surface area contributed by atoms with Crippen LogP contribution in [0.4, 0.5) is 0 Å². The van der Waals surface area contributed by atoms with Crippen molar-refractivity contribution in [3.63, 3.8) is 0 Å². The van der Waals surface area contributed by atoms with E-state index in [1.54, 1.807) is 14.2 Å². The van der Waals surface area contributed by atoms with E-state index in [1.165, 1.54) is 0 Å². The van der Waals surface area contributed by atoms with Crippen LogP contribution in [0.25, 0.3) is 0 Å². The van der Waals surface area contributed by atoms with Gasteiger partial charge in [0, 0.05) is 38.3 Å². The number of amides is 1. The Hall–Kier alpha value is -2.73. The lowest BCUT2D eigenvalue weighted by Crippen LogP contribution is -2.49. The van der Waals surface area contributed by atoms with Gasteiger partial charge in [0.25, 0.3) is 5.91 Å². The van der Waals surface area contributed by atoms with Crippen LogP contribution in [0, 0.1) is 13.8 Å². The molecule has 0 aromatic heterocycles. The van der Waals surface area contributed by atoms with Gasteiger partial charge in [-0.3, -0.25) is 9.69 Å². The fourth-order valence-corrected chi connectivity index (χ4v) is 3.65. The zero-order valence-electron chi connectivity index (χ0n) is 17.7. The molecular weight excluding hydrogens is 368 g/mol. The van der Waals surface area contributed by atoms with Gasteiger partial charge in [0.05, 0.1) is 14.2 Å². The molecule has 0 unspecified atom stereocenters. The number of carbonyl (C=O) groups excluding carboxylic acids is 1. The number of rotatable bonds is 7. The number of carbonyl (C=O) groups is 1. The molecule has 0 bridgehead atoms. The number of aryl methyl sites for hydroxylation is 2. The van der Waals surface area contributed by atoms with Crippen molar-refractivity contribution in [2.75, 3.05) is 47.0 Å². The summed E-state index contributed by atoms with van der Waals surface area (Å²) in [6.45, 7) is 7.86. The van der Waals surface area contributed by atoms with Crippen LogP contribution in [-0.4, -0.2) is 62.7 Å². The Labute approximate surface area is 173 Å². The van der Waals surface area contributed by atoms with Crippen molar-refractivity contribution >= 4 is 5.91 Å². The second kappa shape index (κ2) is 9.65. The Morgan fingerprint density at radius 2 is 1.66 bits per heavy atom. The maximum absolute atomic E-state index is 12.6. The van der Waals surface area contributed by atoms with Gasteiger partial charge in [-0.05, 0) is 43.2 Å². The molecule has 2 aromatic rings. The molecule has 1 fully saturated rings.